The van der Waals surface area contributed by atoms with Crippen molar-refractivity contribution in [2.75, 3.05) is 78.5 Å². The van der Waals surface area contributed by atoms with Crippen LogP contribution < -0.4 is 24.2 Å². The van der Waals surface area contributed by atoms with Gasteiger partial charge in [-0.1, -0.05) is 173 Å². The Labute approximate surface area is 721 Å². The number of hydrogen-bond acceptors (Lipinski definition) is 14. The molecule has 4 aliphatic heterocycles. The summed E-state index contributed by atoms with van der Waals surface area (Å²) in [5.74, 6) is 0.153. The number of nitrogens with zero attached hydrogens (tertiary/aromatic N) is 11. The zero-order valence-electron chi connectivity index (χ0n) is 67.1. The van der Waals surface area contributed by atoms with Crippen LogP contribution in [0.15, 0.2) is 248 Å². The normalized spacial score (nSPS) is 13.8. The Kier molecular flexibility index (Phi) is 34.8. The molecule has 0 unspecified atom stereocenters. The van der Waals surface area contributed by atoms with Crippen LogP contribution in [0.1, 0.15) is 129 Å². The fourth-order valence-corrected chi connectivity index (χ4v) is 16.3. The Morgan fingerprint density at radius 3 is 1.16 bits per heavy atom. The number of carboxylic acid groups (broad SMARTS) is 1. The third-order valence-corrected chi connectivity index (χ3v) is 23.3. The zero-order valence-corrected chi connectivity index (χ0v) is 69.5. The summed E-state index contributed by atoms with van der Waals surface area (Å²) in [7, 11) is 8.00. The molecular weight excluding hydrogens is 1550 g/mol. The van der Waals surface area contributed by atoms with E-state index in [2.05, 4.69) is 126 Å². The number of benzene rings is 8. The number of thiazole rings is 2. The molecule has 14 aromatic rings. The fourth-order valence-electron chi connectivity index (χ4n) is 14.9. The molecule has 5 N–H and O–H groups in total. The summed E-state index contributed by atoms with van der Waals surface area (Å²) in [5.41, 5.74) is 15.7. The maximum atomic E-state index is 13.2. The van der Waals surface area contributed by atoms with E-state index in [1.165, 1.54) is 77.8 Å². The third-order valence-electron chi connectivity index (χ3n) is 21.5. The number of likely N-dealkylation sites (tertiary alicyclic amines) is 1. The monoisotopic (exact) mass is 1650 g/mol. The molecule has 0 saturated carbocycles. The number of aromatic carboxylic acids is 1. The number of carboxylic acids is 1. The third kappa shape index (κ3) is 23.6. The minimum absolute atomic E-state index is 0. The summed E-state index contributed by atoms with van der Waals surface area (Å²) in [6.45, 7) is 13.6. The number of piperazine rings is 2. The topological polar surface area (TPSA) is 258 Å². The fraction of sp³-hybridized carbons (Fsp3) is 0.277. The van der Waals surface area contributed by atoms with Crippen LogP contribution in [0.2, 0.25) is 0 Å². The van der Waals surface area contributed by atoms with Gasteiger partial charge in [-0.2, -0.15) is 0 Å². The Hall–Kier alpha value is -10.9. The summed E-state index contributed by atoms with van der Waals surface area (Å²) in [4.78, 5) is 90.3. The first-order chi connectivity index (χ1) is 55.3. The smallest absolute Gasteiger partial charge is 0.870 e. The van der Waals surface area contributed by atoms with Crippen molar-refractivity contribution in [2.24, 2.45) is 28.2 Å². The molecule has 18 rings (SSSR count). The maximum absolute atomic E-state index is 13.2. The molecule has 0 bridgehead atoms. The van der Waals surface area contributed by atoms with Crippen LogP contribution in [0.3, 0.4) is 0 Å². The van der Waals surface area contributed by atoms with Gasteiger partial charge in [-0.05, 0) is 120 Å². The van der Waals surface area contributed by atoms with E-state index in [9.17, 15) is 28.8 Å². The van der Waals surface area contributed by atoms with Crippen molar-refractivity contribution < 1.29 is 63.7 Å². The number of amides is 3. The minimum Gasteiger partial charge on any atom is -0.870 e. The number of rotatable bonds is 15. The van der Waals surface area contributed by atoms with Crippen molar-refractivity contribution in [2.45, 2.75) is 65.9 Å². The number of Topliss-reactive ketones (excluding diaryl/α,β-unsaturated/α-hetero) is 2. The van der Waals surface area contributed by atoms with Gasteiger partial charge in [0.05, 0.1) is 5.56 Å². The summed E-state index contributed by atoms with van der Waals surface area (Å²) < 4.78 is 8.22. The molecule has 25 heteroatoms. The second kappa shape index (κ2) is 44.2. The first-order valence-corrected chi connectivity index (χ1v) is 40.7. The van der Waals surface area contributed by atoms with Gasteiger partial charge in [-0.25, -0.2) is 14.8 Å². The average Bonchev–Trinajstić information content (AvgIpc) is 1.72. The average molecular weight is 1650 g/mol. The van der Waals surface area contributed by atoms with E-state index in [0.717, 1.165) is 129 Å². The number of fused-ring (bicyclic) bond motifs is 4. The largest absolute Gasteiger partial charge is 1.00 e. The molecule has 10 heterocycles. The van der Waals surface area contributed by atoms with Gasteiger partial charge in [0.1, 0.15) is 0 Å². The molecule has 3 amide bonds. The molecule has 616 valence electrons. The van der Waals surface area contributed by atoms with E-state index in [1.54, 1.807) is 38.4 Å². The number of carbonyl (C=O) groups is 6. The van der Waals surface area contributed by atoms with Gasteiger partial charge < -0.3 is 54.3 Å². The predicted octanol–water partition coefficient (Wildman–Crippen LogP) is 12.9. The van der Waals surface area contributed by atoms with Gasteiger partial charge in [0.15, 0.2) is 21.6 Å². The van der Waals surface area contributed by atoms with Crippen LogP contribution in [0.4, 0.5) is 0 Å². The number of aromatic nitrogens is 6. The summed E-state index contributed by atoms with van der Waals surface area (Å²) in [6, 6.07) is 67.4. The Morgan fingerprint density at radius 2 is 0.798 bits per heavy atom. The van der Waals surface area contributed by atoms with Crippen molar-refractivity contribution in [1.29, 1.82) is 0 Å². The first kappa shape index (κ1) is 93.6. The SMILES string of the molecule is C.C.CC(=O)c1ccc2c(Cc3ccccc3)cn(C)c2c1.CC(=O)c1ccc2ccn(C)c2c1.ClCc1ccccc1.Cn1cc(Cc2ccccc2)c2ccc(C(=O)N3CC(N4CCN(C(=O)c5nccs5)CC4)C3)cc21.Cn1cc(Cc2ccccc2)c2ccc(C(=O)O)cc21.O.O=C(c1nccs1)N1CCN(C2CNC2)CC1.[Li+].[OH-]. The quantitative estimate of drug-likeness (QED) is 0.0550. The molecule has 0 radical (unpaired) electrons. The second-order valence-electron chi connectivity index (χ2n) is 29.2. The van der Waals surface area contributed by atoms with Crippen LogP contribution in [0.25, 0.3) is 43.6 Å². The van der Waals surface area contributed by atoms with Gasteiger partial charge in [-0.15, -0.1) is 34.3 Å². The van der Waals surface area contributed by atoms with Crippen molar-refractivity contribution in [1.82, 2.24) is 58.1 Å². The molecule has 0 spiro atoms. The summed E-state index contributed by atoms with van der Waals surface area (Å²) in [6.07, 6.45) is 14.4. The van der Waals surface area contributed by atoms with Crippen molar-refractivity contribution >= 4 is 113 Å². The zero-order chi connectivity index (χ0) is 79.8. The number of aryl methyl sites for hydroxylation is 4. The van der Waals surface area contributed by atoms with Crippen LogP contribution >= 0.6 is 34.3 Å². The molecule has 8 aromatic carbocycles. The molecule has 4 aliphatic rings. The Morgan fingerprint density at radius 1 is 0.437 bits per heavy atom. The van der Waals surface area contributed by atoms with Gasteiger partial charge >= 0.3 is 24.8 Å². The molecule has 6 aromatic heterocycles. The van der Waals surface area contributed by atoms with Crippen molar-refractivity contribution in [3.8, 4) is 0 Å². The summed E-state index contributed by atoms with van der Waals surface area (Å²) >= 11 is 8.34. The minimum atomic E-state index is -0.891. The van der Waals surface area contributed by atoms with E-state index < -0.39 is 5.97 Å². The van der Waals surface area contributed by atoms with Gasteiger partial charge in [-0.3, -0.25) is 33.8 Å². The van der Waals surface area contributed by atoms with Crippen LogP contribution in [-0.2, 0) is 53.3 Å². The second-order valence-corrected chi connectivity index (χ2v) is 31.3. The predicted molar refractivity (Wildman–Crippen MR) is 477 cm³/mol. The van der Waals surface area contributed by atoms with E-state index in [-0.39, 0.29) is 74.0 Å². The van der Waals surface area contributed by atoms with Gasteiger partial charge in [0.2, 0.25) is 0 Å². The standard InChI is InChI=1S/C28H29N5O2S.C18H17NO.C17H15NO2.C11H16N4OS.C11H11NO.C7H7Cl.2CH4.Li.2H2O/c1-30-17-22(15-20-5-3-2-4-6-20)24-8-7-21(16-25(24)30)27(34)33-18-23(19-33)31-10-12-32(13-11-31)28(35)26-29-9-14-36-26;1-13(20)15-8-9-17-16(12-19(2)18(17)11-15)10-14-6-4-3-5-7-14;1-18-11-14(9-12-5-3-2-4-6-12)15-8-7-13(17(19)20)10-16(15)18;16-11(10-13-1-6-17-10)15-4-2-14(3-5-15)9-7-12-8-9;1-8(13)10-4-3-9-5-6-12(2)11(9)7-10;8-6-7-4-2-1-3-5-7;;;;;/h2-9,14,16-17,23H,10-13,15,18-19H2,1H3;3-9,11-12H,10H2,1-2H3;2-8,10-11H,9H2,1H3,(H,19,20);1,6,9,12H,2-5,7-8H2;3-7H,1-2H3;1-5H,6H2;2*1H4;;2*1H2/q;;;;;;;;+1;;/p-1. The van der Waals surface area contributed by atoms with E-state index >= 15 is 0 Å². The van der Waals surface area contributed by atoms with Gasteiger partial charge in [0.25, 0.3) is 17.7 Å². The number of nitrogens with one attached hydrogen (secondary N) is 1. The number of hydrogen-bond donors (Lipinski definition) is 2. The van der Waals surface area contributed by atoms with Crippen LogP contribution in [0, 0.1) is 0 Å². The van der Waals surface area contributed by atoms with E-state index in [1.807, 2.05) is 184 Å². The number of halogens is 1. The Balaban J connectivity index is 0.000000186. The number of ketones is 2. The van der Waals surface area contributed by atoms with Gasteiger partial charge in [0, 0.05) is 228 Å². The molecule has 21 nitrogen and oxygen atoms in total. The Bertz CT molecular complexity index is 5490. The molecular formula is C94H106ClLiN12O9S2. The van der Waals surface area contributed by atoms with Crippen molar-refractivity contribution in [3.05, 3.63) is 319 Å². The maximum Gasteiger partial charge on any atom is 1.00 e. The summed E-state index contributed by atoms with van der Waals surface area (Å²) in [5, 5.41) is 21.9. The number of carbonyl (C=O) groups excluding carboxylic acids is 5. The van der Waals surface area contributed by atoms with E-state index in [4.69, 9.17) is 16.7 Å². The molecule has 119 heavy (non-hydrogen) atoms. The van der Waals surface area contributed by atoms with Crippen LogP contribution in [0.5, 0.6) is 0 Å². The van der Waals surface area contributed by atoms with Crippen molar-refractivity contribution in [3.63, 3.8) is 0 Å². The van der Waals surface area contributed by atoms with Crippen LogP contribution in [-0.4, -0.2) is 195 Å². The molecule has 4 fully saturated rings. The van der Waals surface area contributed by atoms with E-state index in [0.29, 0.717) is 46.6 Å². The molecule has 0 atom stereocenters. The molecule has 4 saturated heterocycles. The number of alkyl halides is 1. The first-order valence-electron chi connectivity index (χ1n) is 38.4. The molecule has 0 aliphatic carbocycles.